The molecular weight excluding hydrogens is 256 g/mol. The van der Waals surface area contributed by atoms with E-state index in [2.05, 4.69) is 56.0 Å². The Morgan fingerprint density at radius 3 is 1.19 bits per heavy atom. The molecule has 0 aliphatic heterocycles. The number of benzene rings is 2. The van der Waals surface area contributed by atoms with Crippen molar-refractivity contribution in [2.75, 3.05) is 14.2 Å². The normalized spacial score (nSPS) is 8.57. The lowest BCUT2D eigenvalue weighted by Gasteiger charge is -1.95. The van der Waals surface area contributed by atoms with Gasteiger partial charge in [-0.15, -0.1) is 0 Å². The minimum Gasteiger partial charge on any atom is -0.388 e. The second kappa shape index (κ2) is 11.7. The molecule has 0 spiro atoms. The molecule has 1 heteroatoms. The zero-order valence-corrected chi connectivity index (χ0v) is 13.6. The summed E-state index contributed by atoms with van der Waals surface area (Å²) in [5.41, 5.74) is 5.01. The van der Waals surface area contributed by atoms with Crippen LogP contribution < -0.4 is 0 Å². The molecule has 0 amide bonds. The summed E-state index contributed by atoms with van der Waals surface area (Å²) in [6.45, 7) is 11.5. The highest BCUT2D eigenvalue weighted by Crippen LogP contribution is 2.07. The molecule has 112 valence electrons. The molecule has 2 aromatic rings. The van der Waals surface area contributed by atoms with E-state index in [1.54, 1.807) is 14.2 Å². The summed E-state index contributed by atoms with van der Waals surface area (Å²) >= 11 is 0. The molecule has 0 bridgehead atoms. The minimum absolute atomic E-state index is 1.22. The summed E-state index contributed by atoms with van der Waals surface area (Å²) in [4.78, 5) is 0. The second-order valence-corrected chi connectivity index (χ2v) is 4.53. The van der Waals surface area contributed by atoms with Crippen LogP contribution in [0.15, 0.2) is 61.7 Å². The average molecular weight is 282 g/mol. The molecule has 0 radical (unpaired) electrons. The zero-order valence-electron chi connectivity index (χ0n) is 13.6. The van der Waals surface area contributed by atoms with Gasteiger partial charge in [0.2, 0.25) is 0 Å². The van der Waals surface area contributed by atoms with Crippen LogP contribution in [0.3, 0.4) is 0 Å². The molecule has 0 saturated carbocycles. The van der Waals surface area contributed by atoms with E-state index in [4.69, 9.17) is 0 Å². The van der Waals surface area contributed by atoms with E-state index in [0.717, 1.165) is 0 Å². The molecule has 0 heterocycles. The lowest BCUT2D eigenvalue weighted by Crippen LogP contribution is -1.75. The Bertz CT molecular complexity index is 492. The molecule has 0 fully saturated rings. The maximum Gasteiger partial charge on any atom is 0.0351 e. The van der Waals surface area contributed by atoms with Crippen molar-refractivity contribution < 1.29 is 4.74 Å². The number of aryl methyl sites for hydroxylation is 2. The van der Waals surface area contributed by atoms with Gasteiger partial charge in [0, 0.05) is 14.2 Å². The highest BCUT2D eigenvalue weighted by atomic mass is 16.4. The van der Waals surface area contributed by atoms with Crippen molar-refractivity contribution in [1.82, 2.24) is 0 Å². The summed E-state index contributed by atoms with van der Waals surface area (Å²) < 4.78 is 4.25. The van der Waals surface area contributed by atoms with E-state index in [1.165, 1.54) is 22.3 Å². The predicted molar refractivity (Wildman–Crippen MR) is 95.5 cm³/mol. The number of rotatable bonds is 2. The fourth-order valence-corrected chi connectivity index (χ4v) is 1.63. The maximum absolute atomic E-state index is 4.25. The molecule has 0 aliphatic rings. The first kappa shape index (κ1) is 18.9. The van der Waals surface area contributed by atoms with Crippen LogP contribution in [-0.2, 0) is 4.74 Å². The van der Waals surface area contributed by atoms with Crippen LogP contribution in [0.4, 0.5) is 0 Å². The van der Waals surface area contributed by atoms with Crippen LogP contribution in [0, 0.1) is 13.8 Å². The van der Waals surface area contributed by atoms with Crippen molar-refractivity contribution in [2.45, 2.75) is 13.8 Å². The molecular formula is C20H26O. The van der Waals surface area contributed by atoms with Crippen molar-refractivity contribution in [2.24, 2.45) is 0 Å². The van der Waals surface area contributed by atoms with E-state index < -0.39 is 0 Å². The number of ether oxygens (including phenoxy) is 1. The Balaban J connectivity index is 0.000000322. The highest BCUT2D eigenvalue weighted by Gasteiger charge is 1.87. The van der Waals surface area contributed by atoms with Gasteiger partial charge >= 0.3 is 0 Å². The highest BCUT2D eigenvalue weighted by molar-refractivity contribution is 5.51. The Morgan fingerprint density at radius 1 is 0.714 bits per heavy atom. The van der Waals surface area contributed by atoms with Crippen molar-refractivity contribution >= 4 is 12.2 Å². The quantitative estimate of drug-likeness (QED) is 0.703. The van der Waals surface area contributed by atoms with E-state index >= 15 is 0 Å². The molecule has 0 atom stereocenters. The summed E-state index contributed by atoms with van der Waals surface area (Å²) in [5, 5.41) is 0. The molecule has 0 unspecified atom stereocenters. The van der Waals surface area contributed by atoms with Gasteiger partial charge < -0.3 is 4.74 Å². The zero-order chi connectivity index (χ0) is 16.1. The standard InChI is InChI=1S/2C9H10.C2H6O/c2*1-3-9-7-5-4-6-8(9)2;1-3-2/h2*3-7H,1H2,2H3;1-2H3. The van der Waals surface area contributed by atoms with Gasteiger partial charge in [0.1, 0.15) is 0 Å². The van der Waals surface area contributed by atoms with Gasteiger partial charge in [-0.1, -0.05) is 73.8 Å². The SMILES string of the molecule is C=Cc1ccccc1C.C=Cc1ccccc1C.COC. The van der Waals surface area contributed by atoms with Crippen LogP contribution in [0.5, 0.6) is 0 Å². The Hall–Kier alpha value is -2.12. The molecule has 2 aromatic carbocycles. The van der Waals surface area contributed by atoms with Gasteiger partial charge in [0.05, 0.1) is 0 Å². The smallest absolute Gasteiger partial charge is 0.0351 e. The van der Waals surface area contributed by atoms with Gasteiger partial charge in [-0.05, 0) is 36.1 Å². The van der Waals surface area contributed by atoms with Crippen LogP contribution in [0.1, 0.15) is 22.3 Å². The third-order valence-corrected chi connectivity index (χ3v) is 2.82. The van der Waals surface area contributed by atoms with Gasteiger partial charge in [-0.3, -0.25) is 0 Å². The lowest BCUT2D eigenvalue weighted by molar-refractivity contribution is 0.277. The monoisotopic (exact) mass is 282 g/mol. The van der Waals surface area contributed by atoms with Crippen molar-refractivity contribution in [1.29, 1.82) is 0 Å². The first-order valence-corrected chi connectivity index (χ1v) is 6.87. The van der Waals surface area contributed by atoms with Crippen LogP contribution in [0.2, 0.25) is 0 Å². The van der Waals surface area contributed by atoms with Crippen molar-refractivity contribution in [3.8, 4) is 0 Å². The number of hydrogen-bond acceptors (Lipinski definition) is 1. The Morgan fingerprint density at radius 2 is 1.00 bits per heavy atom. The van der Waals surface area contributed by atoms with E-state index in [9.17, 15) is 0 Å². The molecule has 0 saturated heterocycles. The van der Waals surface area contributed by atoms with Gasteiger partial charge in [0.25, 0.3) is 0 Å². The largest absolute Gasteiger partial charge is 0.388 e. The van der Waals surface area contributed by atoms with Gasteiger partial charge in [-0.2, -0.15) is 0 Å². The topological polar surface area (TPSA) is 9.23 Å². The van der Waals surface area contributed by atoms with Gasteiger partial charge in [0.15, 0.2) is 0 Å². The molecule has 0 aromatic heterocycles. The third-order valence-electron chi connectivity index (χ3n) is 2.82. The summed E-state index contributed by atoms with van der Waals surface area (Å²) in [6.07, 6.45) is 3.74. The summed E-state index contributed by atoms with van der Waals surface area (Å²) in [5.74, 6) is 0. The van der Waals surface area contributed by atoms with Crippen LogP contribution in [-0.4, -0.2) is 14.2 Å². The Labute approximate surface area is 129 Å². The number of methoxy groups -OCH3 is 1. The predicted octanol–water partition coefficient (Wildman–Crippen LogP) is 5.54. The first-order valence-electron chi connectivity index (χ1n) is 6.87. The summed E-state index contributed by atoms with van der Waals surface area (Å²) in [7, 11) is 3.25. The number of hydrogen-bond donors (Lipinski definition) is 0. The molecule has 0 N–H and O–H groups in total. The average Bonchev–Trinajstić information content (AvgIpc) is 2.50. The summed E-state index contributed by atoms with van der Waals surface area (Å²) in [6, 6.07) is 16.4. The Kier molecular flexibility index (Phi) is 10.5. The molecule has 2 rings (SSSR count). The van der Waals surface area contributed by atoms with Gasteiger partial charge in [-0.25, -0.2) is 0 Å². The van der Waals surface area contributed by atoms with Crippen molar-refractivity contribution in [3.05, 3.63) is 83.9 Å². The van der Waals surface area contributed by atoms with Crippen LogP contribution in [0.25, 0.3) is 12.2 Å². The second-order valence-electron chi connectivity index (χ2n) is 4.53. The minimum atomic E-state index is 1.22. The fourth-order valence-electron chi connectivity index (χ4n) is 1.63. The molecule has 1 nitrogen and oxygen atoms in total. The maximum atomic E-state index is 4.25. The lowest BCUT2D eigenvalue weighted by atomic mass is 10.1. The molecule has 0 aliphatic carbocycles. The van der Waals surface area contributed by atoms with E-state index in [-0.39, 0.29) is 0 Å². The van der Waals surface area contributed by atoms with Crippen molar-refractivity contribution in [3.63, 3.8) is 0 Å². The van der Waals surface area contributed by atoms with E-state index in [0.29, 0.717) is 0 Å². The molecule has 21 heavy (non-hydrogen) atoms. The van der Waals surface area contributed by atoms with Crippen LogP contribution >= 0.6 is 0 Å². The van der Waals surface area contributed by atoms with E-state index in [1.807, 2.05) is 36.4 Å². The fraction of sp³-hybridized carbons (Fsp3) is 0.200. The third kappa shape index (κ3) is 7.91. The first-order chi connectivity index (χ1) is 10.1.